The van der Waals surface area contributed by atoms with Gasteiger partial charge in [0.1, 0.15) is 5.69 Å². The SMILES string of the molecule is CS(=O)(=O)c1cc(C(F)(F)F)cnc1C(=O)NCC1CC(S(=O)(=O)c2cccc(C(F)(F)F)c2)C1. The van der Waals surface area contributed by atoms with Crippen LogP contribution in [0.2, 0.25) is 0 Å². The summed E-state index contributed by atoms with van der Waals surface area (Å²) in [5.41, 5.74) is -3.20. The number of benzene rings is 1. The van der Waals surface area contributed by atoms with Gasteiger partial charge in [0.25, 0.3) is 5.91 Å². The molecule has 2 aromatic rings. The van der Waals surface area contributed by atoms with Crippen molar-refractivity contribution in [1.29, 1.82) is 0 Å². The van der Waals surface area contributed by atoms with Gasteiger partial charge in [-0.2, -0.15) is 26.3 Å². The molecule has 192 valence electrons. The van der Waals surface area contributed by atoms with E-state index in [4.69, 9.17) is 0 Å². The number of rotatable bonds is 6. The number of nitrogens with one attached hydrogen (secondary N) is 1. The van der Waals surface area contributed by atoms with Crippen molar-refractivity contribution in [1.82, 2.24) is 10.3 Å². The van der Waals surface area contributed by atoms with Gasteiger partial charge in [0, 0.05) is 19.0 Å². The van der Waals surface area contributed by atoms with E-state index in [9.17, 15) is 48.0 Å². The van der Waals surface area contributed by atoms with E-state index in [0.29, 0.717) is 24.6 Å². The van der Waals surface area contributed by atoms with Crippen molar-refractivity contribution in [2.45, 2.75) is 40.2 Å². The lowest BCUT2D eigenvalue weighted by atomic mass is 9.85. The number of hydrogen-bond donors (Lipinski definition) is 1. The summed E-state index contributed by atoms with van der Waals surface area (Å²) >= 11 is 0. The Morgan fingerprint density at radius 1 is 1.00 bits per heavy atom. The molecule has 0 saturated heterocycles. The Balaban J connectivity index is 1.67. The summed E-state index contributed by atoms with van der Waals surface area (Å²) in [7, 11) is -8.31. The van der Waals surface area contributed by atoms with Crippen molar-refractivity contribution in [3.05, 3.63) is 53.3 Å². The Kier molecular flexibility index (Phi) is 6.98. The summed E-state index contributed by atoms with van der Waals surface area (Å²) < 4.78 is 126. The van der Waals surface area contributed by atoms with Gasteiger partial charge in [-0.3, -0.25) is 4.79 Å². The number of alkyl halides is 6. The van der Waals surface area contributed by atoms with E-state index in [1.807, 2.05) is 0 Å². The smallest absolute Gasteiger partial charge is 0.350 e. The summed E-state index contributed by atoms with van der Waals surface area (Å²) in [5.74, 6) is -1.47. The first-order valence-electron chi connectivity index (χ1n) is 9.87. The molecule has 1 aromatic carbocycles. The molecule has 3 rings (SSSR count). The van der Waals surface area contributed by atoms with Crippen molar-refractivity contribution >= 4 is 25.6 Å². The fraction of sp³-hybridized carbons (Fsp3) is 0.400. The molecule has 7 nitrogen and oxygen atoms in total. The predicted octanol–water partition coefficient (Wildman–Crippen LogP) is 3.51. The first kappa shape index (κ1) is 26.9. The molecule has 0 spiro atoms. The average molecular weight is 544 g/mol. The van der Waals surface area contributed by atoms with Gasteiger partial charge in [0.05, 0.1) is 26.2 Å². The molecule has 1 fully saturated rings. The Morgan fingerprint density at radius 3 is 2.14 bits per heavy atom. The van der Waals surface area contributed by atoms with Crippen LogP contribution in [-0.2, 0) is 32.0 Å². The third-order valence-electron chi connectivity index (χ3n) is 5.47. The van der Waals surface area contributed by atoms with Crippen LogP contribution in [0.4, 0.5) is 26.3 Å². The molecular weight excluding hydrogens is 526 g/mol. The van der Waals surface area contributed by atoms with Crippen LogP contribution in [0.1, 0.15) is 34.5 Å². The van der Waals surface area contributed by atoms with E-state index < -0.39 is 75.7 Å². The number of sulfone groups is 2. The minimum absolute atomic E-state index is 0.0121. The third-order valence-corrected chi connectivity index (χ3v) is 8.75. The quantitative estimate of drug-likeness (QED) is 0.558. The highest BCUT2D eigenvalue weighted by Crippen LogP contribution is 2.38. The van der Waals surface area contributed by atoms with Gasteiger partial charge in [-0.25, -0.2) is 21.8 Å². The highest BCUT2D eigenvalue weighted by atomic mass is 32.2. The molecule has 1 heterocycles. The zero-order valence-corrected chi connectivity index (χ0v) is 19.4. The van der Waals surface area contributed by atoms with Crippen LogP contribution in [0.15, 0.2) is 46.3 Å². The fourth-order valence-corrected chi connectivity index (χ4v) is 6.34. The van der Waals surface area contributed by atoms with E-state index in [0.717, 1.165) is 18.2 Å². The highest BCUT2D eigenvalue weighted by Gasteiger charge is 2.41. The molecule has 0 aliphatic heterocycles. The molecule has 0 atom stereocenters. The maximum absolute atomic E-state index is 12.9. The Labute approximate surface area is 196 Å². The minimum Gasteiger partial charge on any atom is -0.350 e. The minimum atomic E-state index is -4.88. The van der Waals surface area contributed by atoms with Gasteiger partial charge < -0.3 is 5.32 Å². The van der Waals surface area contributed by atoms with Crippen LogP contribution < -0.4 is 5.32 Å². The second kappa shape index (κ2) is 9.08. The van der Waals surface area contributed by atoms with Gasteiger partial charge in [-0.1, -0.05) is 6.07 Å². The van der Waals surface area contributed by atoms with Crippen molar-refractivity contribution in [3.8, 4) is 0 Å². The van der Waals surface area contributed by atoms with E-state index in [1.165, 1.54) is 0 Å². The number of halogens is 6. The number of nitrogens with zero attached hydrogens (tertiary/aromatic N) is 1. The molecule has 1 aliphatic carbocycles. The molecule has 15 heteroatoms. The summed E-state index contributed by atoms with van der Waals surface area (Å²) in [6.07, 6.45) is -8.63. The van der Waals surface area contributed by atoms with Gasteiger partial charge in [-0.05, 0) is 43.0 Å². The predicted molar refractivity (Wildman–Crippen MR) is 110 cm³/mol. The lowest BCUT2D eigenvalue weighted by molar-refractivity contribution is -0.138. The van der Waals surface area contributed by atoms with Crippen LogP contribution in [-0.4, -0.2) is 45.8 Å². The zero-order valence-electron chi connectivity index (χ0n) is 17.8. The highest BCUT2D eigenvalue weighted by molar-refractivity contribution is 7.92. The van der Waals surface area contributed by atoms with E-state index >= 15 is 0 Å². The van der Waals surface area contributed by atoms with Crippen LogP contribution >= 0.6 is 0 Å². The van der Waals surface area contributed by atoms with Crippen molar-refractivity contribution in [3.63, 3.8) is 0 Å². The standard InChI is InChI=1S/C20H18F6N2O5S2/c1-34(30,31)16-8-13(20(24,25)26)10-27-17(16)18(29)28-9-11-5-15(6-11)35(32,33)14-4-2-3-12(7-14)19(21,22)23/h2-4,7-8,10-11,15H,5-6,9H2,1H3,(H,28,29). The average Bonchev–Trinajstić information content (AvgIpc) is 2.70. The first-order chi connectivity index (χ1) is 15.9. The Morgan fingerprint density at radius 2 is 1.60 bits per heavy atom. The third kappa shape index (κ3) is 5.94. The summed E-state index contributed by atoms with van der Waals surface area (Å²) in [4.78, 5) is 14.4. The Bertz CT molecular complexity index is 1350. The molecule has 1 saturated carbocycles. The summed E-state index contributed by atoms with van der Waals surface area (Å²) in [6, 6.07) is 3.65. The normalized spacial score (nSPS) is 19.2. The van der Waals surface area contributed by atoms with E-state index in [1.54, 1.807) is 0 Å². The number of hydrogen-bond acceptors (Lipinski definition) is 6. The second-order valence-corrected chi connectivity index (χ2v) is 12.3. The molecule has 0 bridgehead atoms. The maximum Gasteiger partial charge on any atom is 0.417 e. The molecule has 1 aromatic heterocycles. The second-order valence-electron chi connectivity index (χ2n) is 8.08. The molecule has 1 aliphatic rings. The van der Waals surface area contributed by atoms with Gasteiger partial charge in [-0.15, -0.1) is 0 Å². The molecule has 1 N–H and O–H groups in total. The van der Waals surface area contributed by atoms with Crippen LogP contribution in [0.3, 0.4) is 0 Å². The molecule has 35 heavy (non-hydrogen) atoms. The number of amides is 1. The molecule has 1 amide bonds. The van der Waals surface area contributed by atoms with Crippen molar-refractivity contribution in [2.75, 3.05) is 12.8 Å². The number of aromatic nitrogens is 1. The van der Waals surface area contributed by atoms with Crippen molar-refractivity contribution < 1.29 is 48.0 Å². The van der Waals surface area contributed by atoms with Gasteiger partial charge in [0.15, 0.2) is 19.7 Å². The zero-order chi connectivity index (χ0) is 26.4. The molecule has 0 unspecified atom stereocenters. The lowest BCUT2D eigenvalue weighted by Gasteiger charge is -2.35. The summed E-state index contributed by atoms with van der Waals surface area (Å²) in [5, 5.41) is 1.34. The van der Waals surface area contributed by atoms with Gasteiger partial charge in [0.2, 0.25) is 0 Å². The monoisotopic (exact) mass is 544 g/mol. The molecule has 0 radical (unpaired) electrons. The molecular formula is C20H18F6N2O5S2. The first-order valence-corrected chi connectivity index (χ1v) is 13.3. The maximum atomic E-state index is 12.9. The van der Waals surface area contributed by atoms with E-state index in [-0.39, 0.29) is 19.4 Å². The van der Waals surface area contributed by atoms with Crippen LogP contribution in [0, 0.1) is 5.92 Å². The number of pyridine rings is 1. The van der Waals surface area contributed by atoms with Crippen LogP contribution in [0.25, 0.3) is 0 Å². The summed E-state index contributed by atoms with van der Waals surface area (Å²) in [6.45, 7) is -0.140. The van der Waals surface area contributed by atoms with Crippen molar-refractivity contribution in [2.24, 2.45) is 5.92 Å². The van der Waals surface area contributed by atoms with Gasteiger partial charge >= 0.3 is 12.4 Å². The van der Waals surface area contributed by atoms with Crippen LogP contribution in [0.5, 0.6) is 0 Å². The lowest BCUT2D eigenvalue weighted by Crippen LogP contribution is -2.42. The number of carbonyl (C=O) groups is 1. The topological polar surface area (TPSA) is 110 Å². The number of carbonyl (C=O) groups excluding carboxylic acids is 1. The largest absolute Gasteiger partial charge is 0.417 e. The fourth-order valence-electron chi connectivity index (χ4n) is 3.51. The Hall–Kier alpha value is -2.68. The van der Waals surface area contributed by atoms with E-state index in [2.05, 4.69) is 10.3 Å².